The zero-order chi connectivity index (χ0) is 19.9. The lowest BCUT2D eigenvalue weighted by atomic mass is 9.91. The summed E-state index contributed by atoms with van der Waals surface area (Å²) in [6.07, 6.45) is 0. The summed E-state index contributed by atoms with van der Waals surface area (Å²) in [4.78, 5) is 40.0. The van der Waals surface area contributed by atoms with E-state index in [4.69, 9.17) is 4.74 Å². The van der Waals surface area contributed by atoms with Crippen molar-refractivity contribution in [1.82, 2.24) is 9.80 Å². The maximum absolute atomic E-state index is 12.8. The minimum absolute atomic E-state index is 0.00657. The van der Waals surface area contributed by atoms with E-state index in [-0.39, 0.29) is 18.4 Å². The van der Waals surface area contributed by atoms with Gasteiger partial charge in [0.05, 0.1) is 0 Å². The average Bonchev–Trinajstić information content (AvgIpc) is 2.74. The predicted octanol–water partition coefficient (Wildman–Crippen LogP) is 2.05. The van der Waals surface area contributed by atoms with E-state index < -0.39 is 11.9 Å². The van der Waals surface area contributed by atoms with Crippen molar-refractivity contribution in [3.8, 4) is 0 Å². The van der Waals surface area contributed by atoms with E-state index in [0.29, 0.717) is 26.2 Å². The Kier molecular flexibility index (Phi) is 6.42. The number of carbonyl (C=O) groups excluding carboxylic acids is 3. The van der Waals surface area contributed by atoms with Gasteiger partial charge in [-0.15, -0.1) is 0 Å². The van der Waals surface area contributed by atoms with Gasteiger partial charge in [0.25, 0.3) is 5.91 Å². The van der Waals surface area contributed by atoms with Gasteiger partial charge in [0.2, 0.25) is 5.91 Å². The number of piperazine rings is 1. The highest BCUT2D eigenvalue weighted by molar-refractivity contribution is 5.86. The van der Waals surface area contributed by atoms with E-state index in [9.17, 15) is 14.4 Å². The van der Waals surface area contributed by atoms with Crippen LogP contribution in [-0.2, 0) is 19.1 Å². The molecule has 0 unspecified atom stereocenters. The molecule has 3 rings (SSSR count). The van der Waals surface area contributed by atoms with Crippen LogP contribution in [0.1, 0.15) is 24.0 Å². The summed E-state index contributed by atoms with van der Waals surface area (Å²) in [7, 11) is 0. The molecule has 0 aromatic heterocycles. The van der Waals surface area contributed by atoms with E-state index >= 15 is 0 Å². The van der Waals surface area contributed by atoms with Crippen molar-refractivity contribution in [3.63, 3.8) is 0 Å². The van der Waals surface area contributed by atoms with Crippen LogP contribution >= 0.6 is 0 Å². The molecule has 1 fully saturated rings. The number of ether oxygens (including phenoxy) is 1. The number of carbonyl (C=O) groups is 3. The van der Waals surface area contributed by atoms with Crippen LogP contribution in [0.5, 0.6) is 0 Å². The Balaban J connectivity index is 1.63. The van der Waals surface area contributed by atoms with Gasteiger partial charge >= 0.3 is 5.97 Å². The first kappa shape index (κ1) is 19.6. The number of hydrogen-bond donors (Lipinski definition) is 0. The Morgan fingerprint density at radius 1 is 0.821 bits per heavy atom. The minimum atomic E-state index is -0.579. The highest BCUT2D eigenvalue weighted by atomic mass is 16.5. The predicted molar refractivity (Wildman–Crippen MR) is 105 cm³/mol. The number of benzene rings is 2. The third kappa shape index (κ3) is 4.76. The van der Waals surface area contributed by atoms with Gasteiger partial charge in [-0.2, -0.15) is 0 Å². The topological polar surface area (TPSA) is 66.9 Å². The molecular weight excluding hydrogens is 356 g/mol. The van der Waals surface area contributed by atoms with Gasteiger partial charge in [0.1, 0.15) is 5.92 Å². The van der Waals surface area contributed by atoms with Gasteiger partial charge in [0, 0.05) is 33.1 Å². The third-order valence-corrected chi connectivity index (χ3v) is 4.92. The number of hydrogen-bond acceptors (Lipinski definition) is 4. The molecule has 0 atom stereocenters. The fourth-order valence-corrected chi connectivity index (χ4v) is 3.33. The second-order valence-electron chi connectivity index (χ2n) is 6.75. The number of rotatable bonds is 5. The molecule has 1 heterocycles. The highest BCUT2D eigenvalue weighted by Crippen LogP contribution is 2.26. The molecular formula is C22H24N2O4. The molecule has 2 aromatic rings. The van der Waals surface area contributed by atoms with Crippen LogP contribution in [0.25, 0.3) is 0 Å². The van der Waals surface area contributed by atoms with Gasteiger partial charge in [0.15, 0.2) is 6.61 Å². The molecule has 1 aliphatic rings. The summed E-state index contributed by atoms with van der Waals surface area (Å²) in [6, 6.07) is 18.8. The number of nitrogens with zero attached hydrogens (tertiary/aromatic N) is 2. The fraction of sp³-hybridized carbons (Fsp3) is 0.318. The first-order valence-corrected chi connectivity index (χ1v) is 9.36. The molecule has 1 saturated heterocycles. The Labute approximate surface area is 164 Å². The van der Waals surface area contributed by atoms with E-state index in [2.05, 4.69) is 0 Å². The van der Waals surface area contributed by atoms with Crippen molar-refractivity contribution in [2.45, 2.75) is 12.8 Å². The van der Waals surface area contributed by atoms with Gasteiger partial charge < -0.3 is 14.5 Å². The fourth-order valence-electron chi connectivity index (χ4n) is 3.33. The summed E-state index contributed by atoms with van der Waals surface area (Å²) in [5, 5.41) is 0. The van der Waals surface area contributed by atoms with Gasteiger partial charge in [-0.3, -0.25) is 14.4 Å². The average molecular weight is 380 g/mol. The van der Waals surface area contributed by atoms with Gasteiger partial charge in [-0.25, -0.2) is 0 Å². The van der Waals surface area contributed by atoms with Crippen LogP contribution in [-0.4, -0.2) is 60.4 Å². The van der Waals surface area contributed by atoms with Crippen molar-refractivity contribution in [3.05, 3.63) is 71.8 Å². The zero-order valence-corrected chi connectivity index (χ0v) is 15.9. The summed E-state index contributed by atoms with van der Waals surface area (Å²) < 4.78 is 5.39. The molecule has 2 amide bonds. The molecule has 28 heavy (non-hydrogen) atoms. The number of esters is 1. The Morgan fingerprint density at radius 2 is 1.29 bits per heavy atom. The highest BCUT2D eigenvalue weighted by Gasteiger charge is 2.27. The number of amides is 2. The van der Waals surface area contributed by atoms with Crippen LogP contribution in [0.15, 0.2) is 60.7 Å². The van der Waals surface area contributed by atoms with Gasteiger partial charge in [-0.1, -0.05) is 60.7 Å². The smallest absolute Gasteiger partial charge is 0.318 e. The molecule has 0 radical (unpaired) electrons. The largest absolute Gasteiger partial charge is 0.455 e. The van der Waals surface area contributed by atoms with Crippen molar-refractivity contribution in [1.29, 1.82) is 0 Å². The maximum Gasteiger partial charge on any atom is 0.318 e. The van der Waals surface area contributed by atoms with Crippen LogP contribution in [0.2, 0.25) is 0 Å². The summed E-state index contributed by atoms with van der Waals surface area (Å²) in [5.41, 5.74) is 1.64. The maximum atomic E-state index is 12.8. The molecule has 1 aliphatic heterocycles. The van der Waals surface area contributed by atoms with E-state index in [1.165, 1.54) is 6.92 Å². The molecule has 6 heteroatoms. The van der Waals surface area contributed by atoms with E-state index in [1.807, 2.05) is 60.7 Å². The molecule has 0 spiro atoms. The molecule has 0 aliphatic carbocycles. The molecule has 0 N–H and O–H groups in total. The van der Waals surface area contributed by atoms with Crippen LogP contribution in [0.4, 0.5) is 0 Å². The first-order chi connectivity index (χ1) is 13.6. The van der Waals surface area contributed by atoms with Crippen molar-refractivity contribution in [2.75, 3.05) is 32.8 Å². The first-order valence-electron chi connectivity index (χ1n) is 9.36. The molecule has 146 valence electrons. The normalized spacial score (nSPS) is 14.1. The molecule has 6 nitrogen and oxygen atoms in total. The SMILES string of the molecule is CC(=O)N1CCN(C(=O)COC(=O)C(c2ccccc2)c2ccccc2)CC1. The minimum Gasteiger partial charge on any atom is -0.455 e. The molecule has 0 saturated carbocycles. The van der Waals surface area contributed by atoms with Crippen LogP contribution < -0.4 is 0 Å². The van der Waals surface area contributed by atoms with Crippen LogP contribution in [0.3, 0.4) is 0 Å². The lowest BCUT2D eigenvalue weighted by Crippen LogP contribution is -2.51. The Morgan fingerprint density at radius 3 is 1.75 bits per heavy atom. The zero-order valence-electron chi connectivity index (χ0n) is 15.9. The standard InChI is InChI=1S/C22H24N2O4/c1-17(25)23-12-14-24(15-13-23)20(26)16-28-22(27)21(18-8-4-2-5-9-18)19-10-6-3-7-11-19/h2-11,21H,12-16H2,1H3. The molecule has 0 bridgehead atoms. The summed E-state index contributed by atoms with van der Waals surface area (Å²) in [5.74, 6) is -1.26. The van der Waals surface area contributed by atoms with Crippen LogP contribution in [0, 0.1) is 0 Å². The Bertz CT molecular complexity index is 775. The van der Waals surface area contributed by atoms with E-state index in [0.717, 1.165) is 11.1 Å². The van der Waals surface area contributed by atoms with E-state index in [1.54, 1.807) is 9.80 Å². The second kappa shape index (κ2) is 9.17. The molecule has 2 aromatic carbocycles. The summed E-state index contributed by atoms with van der Waals surface area (Å²) >= 11 is 0. The van der Waals surface area contributed by atoms with Crippen molar-refractivity contribution in [2.24, 2.45) is 0 Å². The third-order valence-electron chi connectivity index (χ3n) is 4.92. The lowest BCUT2D eigenvalue weighted by Gasteiger charge is -2.34. The van der Waals surface area contributed by atoms with Gasteiger partial charge in [-0.05, 0) is 11.1 Å². The van der Waals surface area contributed by atoms with Crippen molar-refractivity contribution >= 4 is 17.8 Å². The Hall–Kier alpha value is -3.15. The lowest BCUT2D eigenvalue weighted by molar-refractivity contribution is -0.153. The monoisotopic (exact) mass is 380 g/mol. The quantitative estimate of drug-likeness (QED) is 0.745. The second-order valence-corrected chi connectivity index (χ2v) is 6.75. The van der Waals surface area contributed by atoms with Crippen molar-refractivity contribution < 1.29 is 19.1 Å². The summed E-state index contributed by atoms with van der Waals surface area (Å²) in [6.45, 7) is 3.15.